The monoisotopic (exact) mass is 266 g/mol. The van der Waals surface area contributed by atoms with Crippen molar-refractivity contribution in [1.82, 2.24) is 14.8 Å². The molecule has 1 aliphatic rings. The predicted octanol–water partition coefficient (Wildman–Crippen LogP) is 1.28. The van der Waals surface area contributed by atoms with Gasteiger partial charge in [0, 0.05) is 25.9 Å². The molecular formula is C14H26N4O. The summed E-state index contributed by atoms with van der Waals surface area (Å²) in [5.74, 6) is 2.26. The highest BCUT2D eigenvalue weighted by atomic mass is 16.3. The van der Waals surface area contributed by atoms with Crippen molar-refractivity contribution in [2.75, 3.05) is 6.54 Å². The molecule has 1 saturated carbocycles. The Morgan fingerprint density at radius 2 is 2.21 bits per heavy atom. The van der Waals surface area contributed by atoms with Crippen LogP contribution in [0.4, 0.5) is 0 Å². The molecule has 3 N–H and O–H groups in total. The normalized spacial score (nSPS) is 27.1. The number of aryl methyl sites for hydroxylation is 3. The molecule has 0 aromatic carbocycles. The maximum absolute atomic E-state index is 10.4. The molecule has 0 bridgehead atoms. The summed E-state index contributed by atoms with van der Waals surface area (Å²) in [5.41, 5.74) is 5.07. The van der Waals surface area contributed by atoms with Crippen LogP contribution in [0.25, 0.3) is 0 Å². The lowest BCUT2D eigenvalue weighted by Gasteiger charge is -2.28. The molecule has 1 aromatic rings. The van der Waals surface area contributed by atoms with E-state index in [0.29, 0.717) is 12.5 Å². The van der Waals surface area contributed by atoms with E-state index in [1.807, 2.05) is 4.68 Å². The van der Waals surface area contributed by atoms with Crippen LogP contribution in [0.5, 0.6) is 0 Å². The van der Waals surface area contributed by atoms with Crippen LogP contribution in [0, 0.1) is 5.92 Å². The lowest BCUT2D eigenvalue weighted by molar-refractivity contribution is 0.00619. The van der Waals surface area contributed by atoms with Crippen LogP contribution in [-0.4, -0.2) is 32.0 Å². The molecule has 1 fully saturated rings. The van der Waals surface area contributed by atoms with Crippen LogP contribution < -0.4 is 5.73 Å². The molecule has 1 heterocycles. The molecule has 2 atom stereocenters. The van der Waals surface area contributed by atoms with Crippen LogP contribution in [0.15, 0.2) is 0 Å². The molecule has 108 valence electrons. The van der Waals surface area contributed by atoms with Gasteiger partial charge in [-0.3, -0.25) is 0 Å². The zero-order valence-corrected chi connectivity index (χ0v) is 12.1. The van der Waals surface area contributed by atoms with Gasteiger partial charge in [-0.15, -0.1) is 0 Å². The van der Waals surface area contributed by atoms with Crippen molar-refractivity contribution >= 4 is 0 Å². The van der Waals surface area contributed by atoms with Crippen LogP contribution in [0.2, 0.25) is 0 Å². The first-order chi connectivity index (χ1) is 9.12. The van der Waals surface area contributed by atoms with E-state index in [0.717, 1.165) is 56.7 Å². The average Bonchev–Trinajstić information content (AvgIpc) is 3.00. The summed E-state index contributed by atoms with van der Waals surface area (Å²) in [4.78, 5) is 4.51. The molecule has 0 radical (unpaired) electrons. The number of rotatable bonds is 6. The summed E-state index contributed by atoms with van der Waals surface area (Å²) in [6.07, 6.45) is 5.70. The SMILES string of the molecule is CCc1nc(CC)n(CCC2CCCC2(O)CN)n1. The van der Waals surface area contributed by atoms with Crippen molar-refractivity contribution < 1.29 is 5.11 Å². The minimum absolute atomic E-state index is 0.302. The third-order valence-corrected chi connectivity index (χ3v) is 4.39. The first kappa shape index (κ1) is 14.5. The van der Waals surface area contributed by atoms with Crippen molar-refractivity contribution in [3.63, 3.8) is 0 Å². The third kappa shape index (κ3) is 2.98. The van der Waals surface area contributed by atoms with Gasteiger partial charge >= 0.3 is 0 Å². The van der Waals surface area contributed by atoms with Gasteiger partial charge in [0.25, 0.3) is 0 Å². The lowest BCUT2D eigenvalue weighted by Crippen LogP contribution is -2.41. The highest BCUT2D eigenvalue weighted by molar-refractivity contribution is 4.95. The molecule has 0 aliphatic heterocycles. The second-order valence-corrected chi connectivity index (χ2v) is 5.56. The standard InChI is InChI=1S/C14H26N4O/c1-3-12-16-13(4-2)18(17-12)9-7-11-6-5-8-14(11,19)10-15/h11,19H,3-10,15H2,1-2H3. The Balaban J connectivity index is 2.00. The molecule has 2 rings (SSSR count). The van der Waals surface area contributed by atoms with Crippen LogP contribution in [0.1, 0.15) is 51.2 Å². The van der Waals surface area contributed by atoms with Gasteiger partial charge in [-0.1, -0.05) is 20.3 Å². The molecule has 2 unspecified atom stereocenters. The Morgan fingerprint density at radius 3 is 2.84 bits per heavy atom. The van der Waals surface area contributed by atoms with Crippen molar-refractivity contribution in [1.29, 1.82) is 0 Å². The fourth-order valence-electron chi connectivity index (χ4n) is 3.10. The number of hydrogen-bond acceptors (Lipinski definition) is 4. The predicted molar refractivity (Wildman–Crippen MR) is 74.7 cm³/mol. The van der Waals surface area contributed by atoms with E-state index in [9.17, 15) is 5.11 Å². The van der Waals surface area contributed by atoms with Crippen molar-refractivity contribution in [3.05, 3.63) is 11.6 Å². The Bertz CT molecular complexity index is 418. The number of nitrogens with two attached hydrogens (primary N) is 1. The molecule has 5 heteroatoms. The number of nitrogens with zero attached hydrogens (tertiary/aromatic N) is 3. The summed E-state index contributed by atoms with van der Waals surface area (Å²) in [5, 5.41) is 15.0. The number of aromatic nitrogens is 3. The van der Waals surface area contributed by atoms with Crippen molar-refractivity contribution in [3.8, 4) is 0 Å². The summed E-state index contributed by atoms with van der Waals surface area (Å²) in [6, 6.07) is 0. The fourth-order valence-corrected chi connectivity index (χ4v) is 3.10. The zero-order valence-electron chi connectivity index (χ0n) is 12.1. The minimum Gasteiger partial charge on any atom is -0.388 e. The van der Waals surface area contributed by atoms with E-state index in [2.05, 4.69) is 23.9 Å². The van der Waals surface area contributed by atoms with E-state index in [1.165, 1.54) is 0 Å². The number of aliphatic hydroxyl groups is 1. The van der Waals surface area contributed by atoms with E-state index in [1.54, 1.807) is 0 Å². The molecule has 1 aliphatic carbocycles. The second kappa shape index (κ2) is 6.01. The highest BCUT2D eigenvalue weighted by Gasteiger charge is 2.39. The summed E-state index contributed by atoms with van der Waals surface area (Å²) in [7, 11) is 0. The Morgan fingerprint density at radius 1 is 1.42 bits per heavy atom. The van der Waals surface area contributed by atoms with Crippen LogP contribution in [-0.2, 0) is 19.4 Å². The molecule has 5 nitrogen and oxygen atoms in total. The zero-order chi connectivity index (χ0) is 13.9. The molecule has 1 aromatic heterocycles. The van der Waals surface area contributed by atoms with Gasteiger partial charge in [0.05, 0.1) is 5.60 Å². The lowest BCUT2D eigenvalue weighted by atomic mass is 9.88. The molecule has 0 amide bonds. The van der Waals surface area contributed by atoms with Crippen LogP contribution >= 0.6 is 0 Å². The first-order valence-corrected chi connectivity index (χ1v) is 7.48. The quantitative estimate of drug-likeness (QED) is 0.813. The van der Waals surface area contributed by atoms with Gasteiger partial charge in [-0.25, -0.2) is 9.67 Å². The highest BCUT2D eigenvalue weighted by Crippen LogP contribution is 2.37. The summed E-state index contributed by atoms with van der Waals surface area (Å²) in [6.45, 7) is 5.38. The smallest absolute Gasteiger partial charge is 0.150 e. The summed E-state index contributed by atoms with van der Waals surface area (Å²) >= 11 is 0. The Labute approximate surface area is 115 Å². The Hall–Kier alpha value is -0.940. The average molecular weight is 266 g/mol. The molecule has 0 saturated heterocycles. The maximum Gasteiger partial charge on any atom is 0.150 e. The van der Waals surface area contributed by atoms with Gasteiger partial charge in [-0.2, -0.15) is 5.10 Å². The van der Waals surface area contributed by atoms with E-state index in [-0.39, 0.29) is 0 Å². The van der Waals surface area contributed by atoms with Gasteiger partial charge in [0.2, 0.25) is 0 Å². The second-order valence-electron chi connectivity index (χ2n) is 5.56. The maximum atomic E-state index is 10.4. The topological polar surface area (TPSA) is 77.0 Å². The Kier molecular flexibility index (Phi) is 4.58. The van der Waals surface area contributed by atoms with Gasteiger partial charge in [0.1, 0.15) is 5.82 Å². The van der Waals surface area contributed by atoms with Gasteiger partial charge in [0.15, 0.2) is 5.82 Å². The molecule has 0 spiro atoms. The minimum atomic E-state index is -0.652. The van der Waals surface area contributed by atoms with E-state index in [4.69, 9.17) is 5.73 Å². The van der Waals surface area contributed by atoms with Gasteiger partial charge < -0.3 is 10.8 Å². The largest absolute Gasteiger partial charge is 0.388 e. The molecular weight excluding hydrogens is 240 g/mol. The van der Waals surface area contributed by atoms with Gasteiger partial charge in [-0.05, 0) is 25.2 Å². The van der Waals surface area contributed by atoms with E-state index < -0.39 is 5.60 Å². The fraction of sp³-hybridized carbons (Fsp3) is 0.857. The first-order valence-electron chi connectivity index (χ1n) is 7.48. The third-order valence-electron chi connectivity index (χ3n) is 4.39. The number of hydrogen-bond donors (Lipinski definition) is 2. The summed E-state index contributed by atoms with van der Waals surface area (Å²) < 4.78 is 2.01. The van der Waals surface area contributed by atoms with Crippen LogP contribution in [0.3, 0.4) is 0 Å². The van der Waals surface area contributed by atoms with E-state index >= 15 is 0 Å². The van der Waals surface area contributed by atoms with Crippen molar-refractivity contribution in [2.45, 2.75) is 64.5 Å². The molecule has 19 heavy (non-hydrogen) atoms. The van der Waals surface area contributed by atoms with Crippen molar-refractivity contribution in [2.24, 2.45) is 11.7 Å².